The number of hydrogen-bond donors (Lipinski definition) is 2. The molecule has 2 atom stereocenters. The normalized spacial score (nSPS) is 38.2. The van der Waals surface area contributed by atoms with Gasteiger partial charge in [0.2, 0.25) is 0 Å². The van der Waals surface area contributed by atoms with Gasteiger partial charge in [-0.1, -0.05) is 30.3 Å². The molecular formula is C24H34N2O3. The lowest BCUT2D eigenvalue weighted by atomic mass is 9.53. The lowest BCUT2D eigenvalue weighted by molar-refractivity contribution is -0.0307. The zero-order valence-electron chi connectivity index (χ0n) is 17.3. The van der Waals surface area contributed by atoms with Gasteiger partial charge in [-0.2, -0.15) is 0 Å². The molecule has 4 aliphatic carbocycles. The van der Waals surface area contributed by atoms with Crippen molar-refractivity contribution < 1.29 is 14.6 Å². The Morgan fingerprint density at radius 1 is 1.10 bits per heavy atom. The highest BCUT2D eigenvalue weighted by Gasteiger charge is 2.50. The van der Waals surface area contributed by atoms with Crippen LogP contribution in [0.2, 0.25) is 0 Å². The molecule has 6 rings (SSSR count). The van der Waals surface area contributed by atoms with Crippen LogP contribution in [-0.4, -0.2) is 47.4 Å². The van der Waals surface area contributed by atoms with Crippen molar-refractivity contribution in [3.05, 3.63) is 35.9 Å². The summed E-state index contributed by atoms with van der Waals surface area (Å²) in [6, 6.07) is 9.79. The van der Waals surface area contributed by atoms with Gasteiger partial charge in [-0.05, 0) is 68.3 Å². The fourth-order valence-corrected chi connectivity index (χ4v) is 6.87. The number of benzene rings is 1. The van der Waals surface area contributed by atoms with Gasteiger partial charge in [0.25, 0.3) is 0 Å². The largest absolute Gasteiger partial charge is 0.445 e. The molecule has 5 nitrogen and oxygen atoms in total. The van der Waals surface area contributed by atoms with Crippen LogP contribution in [0.3, 0.4) is 0 Å². The zero-order valence-corrected chi connectivity index (χ0v) is 17.3. The van der Waals surface area contributed by atoms with Crippen LogP contribution in [0.5, 0.6) is 0 Å². The van der Waals surface area contributed by atoms with Gasteiger partial charge in [-0.15, -0.1) is 0 Å². The van der Waals surface area contributed by atoms with E-state index in [-0.39, 0.29) is 18.1 Å². The lowest BCUT2D eigenvalue weighted by Crippen LogP contribution is -2.60. The second kappa shape index (κ2) is 7.92. The van der Waals surface area contributed by atoms with E-state index < -0.39 is 0 Å². The predicted octanol–water partition coefficient (Wildman–Crippen LogP) is 3.56. The van der Waals surface area contributed by atoms with E-state index in [4.69, 9.17) is 4.74 Å². The highest BCUT2D eigenvalue weighted by molar-refractivity contribution is 5.67. The molecule has 1 amide bonds. The number of hydrogen-bond acceptors (Lipinski definition) is 4. The van der Waals surface area contributed by atoms with E-state index in [2.05, 4.69) is 5.32 Å². The first kappa shape index (κ1) is 19.4. The number of nitrogens with one attached hydrogen (secondary N) is 1. The molecule has 0 spiro atoms. The Morgan fingerprint density at radius 2 is 1.76 bits per heavy atom. The Bertz CT molecular complexity index is 687. The first-order chi connectivity index (χ1) is 14.1. The van der Waals surface area contributed by atoms with Gasteiger partial charge >= 0.3 is 6.09 Å². The molecule has 1 aromatic rings. The smallest absolute Gasteiger partial charge is 0.410 e. The molecule has 0 radical (unpaired) electrons. The van der Waals surface area contributed by atoms with Crippen molar-refractivity contribution in [1.82, 2.24) is 10.2 Å². The maximum atomic E-state index is 12.6. The number of rotatable bonds is 5. The molecule has 0 aromatic heterocycles. The van der Waals surface area contributed by atoms with E-state index >= 15 is 0 Å². The zero-order chi connectivity index (χ0) is 19.8. The maximum absolute atomic E-state index is 12.6. The van der Waals surface area contributed by atoms with E-state index in [9.17, 15) is 9.90 Å². The lowest BCUT2D eigenvalue weighted by Gasteiger charge is -2.57. The van der Waals surface area contributed by atoms with Crippen molar-refractivity contribution in [2.24, 2.45) is 23.7 Å². The van der Waals surface area contributed by atoms with Crippen molar-refractivity contribution >= 4 is 6.09 Å². The molecule has 1 saturated heterocycles. The summed E-state index contributed by atoms with van der Waals surface area (Å²) in [6.45, 7) is 2.25. The van der Waals surface area contributed by atoms with E-state index in [0.717, 1.165) is 29.9 Å². The third-order valence-electron chi connectivity index (χ3n) is 7.93. The minimum Gasteiger partial charge on any atom is -0.445 e. The van der Waals surface area contributed by atoms with Gasteiger partial charge in [0.05, 0.1) is 6.10 Å². The van der Waals surface area contributed by atoms with Gasteiger partial charge in [-0.25, -0.2) is 4.79 Å². The third kappa shape index (κ3) is 4.17. The van der Waals surface area contributed by atoms with Crippen LogP contribution >= 0.6 is 0 Å². The molecule has 5 heteroatoms. The highest BCUT2D eigenvalue weighted by atomic mass is 16.6. The molecule has 5 aliphatic rings. The van der Waals surface area contributed by atoms with Gasteiger partial charge in [0.1, 0.15) is 6.61 Å². The van der Waals surface area contributed by atoms with Crippen LogP contribution in [0.15, 0.2) is 30.3 Å². The van der Waals surface area contributed by atoms with E-state index in [1.54, 1.807) is 4.90 Å². The van der Waals surface area contributed by atoms with Gasteiger partial charge < -0.3 is 20.1 Å². The summed E-state index contributed by atoms with van der Waals surface area (Å²) in [4.78, 5) is 14.3. The molecule has 1 aromatic carbocycles. The first-order valence-electron chi connectivity index (χ1n) is 11.5. The minimum atomic E-state index is -0.338. The summed E-state index contributed by atoms with van der Waals surface area (Å²) >= 11 is 0. The number of piperidine rings is 1. The van der Waals surface area contributed by atoms with Crippen molar-refractivity contribution in [3.8, 4) is 0 Å². The van der Waals surface area contributed by atoms with Crippen LogP contribution in [-0.2, 0) is 11.3 Å². The highest BCUT2D eigenvalue weighted by Crippen LogP contribution is 2.55. The summed E-state index contributed by atoms with van der Waals surface area (Å²) in [5.74, 6) is 2.82. The van der Waals surface area contributed by atoms with Gasteiger partial charge in [-0.3, -0.25) is 0 Å². The molecule has 0 unspecified atom stereocenters. The summed E-state index contributed by atoms with van der Waals surface area (Å²) < 4.78 is 5.51. The fourth-order valence-electron chi connectivity index (χ4n) is 6.87. The second-order valence-corrected chi connectivity index (χ2v) is 10.2. The van der Waals surface area contributed by atoms with Crippen LogP contribution in [0.4, 0.5) is 4.79 Å². The second-order valence-electron chi connectivity index (χ2n) is 10.2. The summed E-state index contributed by atoms with van der Waals surface area (Å²) in [5.41, 5.74) is 1.29. The SMILES string of the molecule is O=C(OCc1ccccc1)N1CC[C@@H](O)[C@@H](CNC23CC4CC(CC(C4)C2)C3)C1. The van der Waals surface area contributed by atoms with Crippen molar-refractivity contribution in [2.75, 3.05) is 19.6 Å². The number of carbonyl (C=O) groups is 1. The van der Waals surface area contributed by atoms with Crippen LogP contribution in [0, 0.1) is 23.7 Å². The van der Waals surface area contributed by atoms with Crippen molar-refractivity contribution in [2.45, 2.75) is 63.2 Å². The topological polar surface area (TPSA) is 61.8 Å². The number of carbonyl (C=O) groups excluding carboxylic acids is 1. The molecular weight excluding hydrogens is 364 g/mol. The average Bonchev–Trinajstić information content (AvgIpc) is 2.71. The molecule has 158 valence electrons. The monoisotopic (exact) mass is 398 g/mol. The molecule has 1 heterocycles. The van der Waals surface area contributed by atoms with Crippen LogP contribution in [0.1, 0.15) is 50.5 Å². The van der Waals surface area contributed by atoms with Crippen molar-refractivity contribution in [1.29, 1.82) is 0 Å². The summed E-state index contributed by atoms with van der Waals surface area (Å²) in [6.07, 6.45) is 8.28. The Balaban J connectivity index is 1.15. The van der Waals surface area contributed by atoms with Gasteiger partial charge in [0, 0.05) is 31.1 Å². The standard InChI is InChI=1S/C24H34N2O3/c27-22-6-7-26(23(28)29-16-17-4-2-1-3-5-17)15-21(22)14-25-24-11-18-8-19(12-24)10-20(9-18)13-24/h1-5,18-22,25,27H,6-16H2/t18?,19?,20?,21-,22+,24?/m0/s1. The number of aliphatic hydroxyl groups is 1. The molecule has 29 heavy (non-hydrogen) atoms. The number of likely N-dealkylation sites (tertiary alicyclic amines) is 1. The number of aliphatic hydroxyl groups excluding tert-OH is 1. The molecule has 5 fully saturated rings. The minimum absolute atomic E-state index is 0.0843. The molecule has 4 saturated carbocycles. The number of amides is 1. The van der Waals surface area contributed by atoms with Gasteiger partial charge in [0.15, 0.2) is 0 Å². The van der Waals surface area contributed by atoms with E-state index in [1.165, 1.54) is 38.5 Å². The predicted molar refractivity (Wildman–Crippen MR) is 111 cm³/mol. The molecule has 1 aliphatic heterocycles. The Hall–Kier alpha value is -1.59. The van der Waals surface area contributed by atoms with E-state index in [1.807, 2.05) is 30.3 Å². The molecule has 2 N–H and O–H groups in total. The maximum Gasteiger partial charge on any atom is 0.410 e. The summed E-state index contributed by atoms with van der Waals surface area (Å²) in [7, 11) is 0. The fraction of sp³-hybridized carbons (Fsp3) is 0.708. The van der Waals surface area contributed by atoms with Crippen LogP contribution in [0.25, 0.3) is 0 Å². The number of nitrogens with zero attached hydrogens (tertiary/aromatic N) is 1. The average molecular weight is 399 g/mol. The van der Waals surface area contributed by atoms with E-state index in [0.29, 0.717) is 31.7 Å². The summed E-state index contributed by atoms with van der Waals surface area (Å²) in [5, 5.41) is 14.5. The third-order valence-corrected chi connectivity index (χ3v) is 7.93. The Labute approximate surface area is 173 Å². The Kier molecular flexibility index (Phi) is 5.29. The molecule has 4 bridgehead atoms. The van der Waals surface area contributed by atoms with Crippen LogP contribution < -0.4 is 5.32 Å². The number of ether oxygens (including phenoxy) is 1. The Morgan fingerprint density at radius 3 is 2.41 bits per heavy atom. The van der Waals surface area contributed by atoms with Crippen molar-refractivity contribution in [3.63, 3.8) is 0 Å². The quantitative estimate of drug-likeness (QED) is 0.796. The first-order valence-corrected chi connectivity index (χ1v) is 11.5.